The molecule has 1 N–H and O–H groups in total. The Morgan fingerprint density at radius 2 is 1.93 bits per heavy atom. The Labute approximate surface area is 153 Å². The predicted octanol–water partition coefficient (Wildman–Crippen LogP) is 2.42. The number of hydrogen-bond acceptors (Lipinski definition) is 6. The first-order chi connectivity index (χ1) is 13.0. The van der Waals surface area contributed by atoms with Crippen molar-refractivity contribution in [1.29, 1.82) is 0 Å². The molecule has 0 aliphatic rings. The van der Waals surface area contributed by atoms with Gasteiger partial charge >= 0.3 is 11.1 Å². The third-order valence-corrected chi connectivity index (χ3v) is 4.21. The number of nitrogens with zero attached hydrogens (tertiary/aromatic N) is 3. The van der Waals surface area contributed by atoms with Gasteiger partial charge in [0, 0.05) is 12.6 Å². The van der Waals surface area contributed by atoms with E-state index in [1.54, 1.807) is 25.2 Å². The molecule has 8 nitrogen and oxygen atoms in total. The molecule has 0 radical (unpaired) electrons. The number of rotatable bonds is 4. The van der Waals surface area contributed by atoms with Crippen LogP contribution in [-0.2, 0) is 7.05 Å². The van der Waals surface area contributed by atoms with Gasteiger partial charge in [-0.25, -0.2) is 0 Å². The van der Waals surface area contributed by atoms with Gasteiger partial charge < -0.3 is 18.8 Å². The van der Waals surface area contributed by atoms with Gasteiger partial charge in [0.25, 0.3) is 5.89 Å². The molecule has 1 atom stereocenters. The summed E-state index contributed by atoms with van der Waals surface area (Å²) in [6, 6.07) is 14.5. The van der Waals surface area contributed by atoms with Crippen molar-refractivity contribution in [3.8, 4) is 17.1 Å². The first-order valence-electron chi connectivity index (χ1n) is 8.31. The molecule has 2 aromatic carbocycles. The van der Waals surface area contributed by atoms with Gasteiger partial charge in [-0.1, -0.05) is 23.4 Å². The van der Waals surface area contributed by atoms with Gasteiger partial charge in [0.15, 0.2) is 6.10 Å². The largest absolute Gasteiger partial charge is 0.481 e. The van der Waals surface area contributed by atoms with Crippen molar-refractivity contribution in [2.24, 2.45) is 7.05 Å². The highest BCUT2D eigenvalue weighted by atomic mass is 16.5. The van der Waals surface area contributed by atoms with E-state index in [4.69, 9.17) is 9.26 Å². The minimum atomic E-state index is -0.680. The smallest absolute Gasteiger partial charge is 0.316 e. The lowest BCUT2D eigenvalue weighted by Gasteiger charge is -2.09. The molecule has 27 heavy (non-hydrogen) atoms. The maximum absolute atomic E-state index is 11.7. The van der Waals surface area contributed by atoms with Crippen LogP contribution in [0.25, 0.3) is 22.4 Å². The molecular weight excluding hydrogens is 348 g/mol. The fraction of sp³-hybridized carbons (Fsp3) is 0.158. The van der Waals surface area contributed by atoms with Gasteiger partial charge in [0.1, 0.15) is 5.75 Å². The fourth-order valence-corrected chi connectivity index (χ4v) is 2.78. The third-order valence-electron chi connectivity index (χ3n) is 4.21. The molecule has 0 saturated heterocycles. The minimum absolute atomic E-state index is 0.336. The van der Waals surface area contributed by atoms with E-state index < -0.39 is 17.2 Å². The summed E-state index contributed by atoms with van der Waals surface area (Å²) in [4.78, 5) is 30.4. The summed E-state index contributed by atoms with van der Waals surface area (Å²) in [5.74, 6) is 1.40. The van der Waals surface area contributed by atoms with Gasteiger partial charge in [-0.05, 0) is 37.3 Å². The van der Waals surface area contributed by atoms with Crippen molar-refractivity contribution in [3.63, 3.8) is 0 Å². The first kappa shape index (κ1) is 16.8. The fourth-order valence-electron chi connectivity index (χ4n) is 2.78. The van der Waals surface area contributed by atoms with Crippen LogP contribution in [0.2, 0.25) is 0 Å². The molecule has 8 heteroatoms. The van der Waals surface area contributed by atoms with E-state index in [0.717, 1.165) is 0 Å². The lowest BCUT2D eigenvalue weighted by atomic mass is 10.2. The molecule has 0 fully saturated rings. The molecular formula is C19H16N4O4. The molecule has 0 aliphatic heterocycles. The Hall–Kier alpha value is -3.68. The molecule has 0 amide bonds. The standard InChI is InChI=1S/C19H16N4O4/c1-11(26-13-6-4-3-5-7-13)18-21-16(22-27-18)12-8-9-15-14(10-12)20-17(24)19(25)23(15)2/h3-11H,1-2H3,(H,20,24)/t11-/m1/s1. The van der Waals surface area contributed by atoms with Crippen LogP contribution in [0.4, 0.5) is 0 Å². The second kappa shape index (κ2) is 6.56. The Morgan fingerprint density at radius 3 is 2.70 bits per heavy atom. The topological polar surface area (TPSA) is 103 Å². The van der Waals surface area contributed by atoms with Crippen LogP contribution in [0.15, 0.2) is 62.6 Å². The lowest BCUT2D eigenvalue weighted by Crippen LogP contribution is -2.34. The summed E-state index contributed by atoms with van der Waals surface area (Å²) in [6.07, 6.45) is -0.422. The van der Waals surface area contributed by atoms with E-state index in [9.17, 15) is 9.59 Å². The Bertz CT molecular complexity index is 1220. The second-order valence-corrected chi connectivity index (χ2v) is 6.08. The van der Waals surface area contributed by atoms with E-state index in [2.05, 4.69) is 15.1 Å². The van der Waals surface area contributed by atoms with Crippen molar-refractivity contribution < 1.29 is 9.26 Å². The average molecular weight is 364 g/mol. The Kier molecular flexibility index (Phi) is 4.08. The number of benzene rings is 2. The van der Waals surface area contributed by atoms with Crippen LogP contribution in [0.1, 0.15) is 18.9 Å². The van der Waals surface area contributed by atoms with E-state index >= 15 is 0 Å². The molecule has 0 spiro atoms. The molecule has 0 bridgehead atoms. The lowest BCUT2D eigenvalue weighted by molar-refractivity contribution is 0.176. The highest BCUT2D eigenvalue weighted by Gasteiger charge is 2.17. The number of aromatic amines is 1. The van der Waals surface area contributed by atoms with Crippen molar-refractivity contribution in [1.82, 2.24) is 19.7 Å². The molecule has 0 saturated carbocycles. The number of aromatic nitrogens is 4. The number of hydrogen-bond donors (Lipinski definition) is 1. The highest BCUT2D eigenvalue weighted by molar-refractivity contribution is 5.79. The molecule has 2 heterocycles. The maximum atomic E-state index is 11.7. The monoisotopic (exact) mass is 364 g/mol. The molecule has 136 valence electrons. The molecule has 0 unspecified atom stereocenters. The van der Waals surface area contributed by atoms with Gasteiger partial charge in [0.2, 0.25) is 5.82 Å². The molecule has 4 aromatic rings. The summed E-state index contributed by atoms with van der Waals surface area (Å²) in [6.45, 7) is 1.82. The number of ether oxygens (including phenoxy) is 1. The Balaban J connectivity index is 1.66. The summed E-state index contributed by atoms with van der Waals surface area (Å²) in [5, 5.41) is 3.99. The summed E-state index contributed by atoms with van der Waals surface area (Å²) < 4.78 is 12.4. The summed E-state index contributed by atoms with van der Waals surface area (Å²) in [7, 11) is 1.55. The predicted molar refractivity (Wildman–Crippen MR) is 98.6 cm³/mol. The van der Waals surface area contributed by atoms with E-state index in [-0.39, 0.29) is 0 Å². The van der Waals surface area contributed by atoms with Crippen LogP contribution in [0, 0.1) is 0 Å². The zero-order chi connectivity index (χ0) is 19.0. The zero-order valence-electron chi connectivity index (χ0n) is 14.7. The van der Waals surface area contributed by atoms with Crippen molar-refractivity contribution in [3.05, 3.63) is 75.1 Å². The van der Waals surface area contributed by atoms with Crippen LogP contribution < -0.4 is 15.9 Å². The van der Waals surface area contributed by atoms with E-state index in [1.807, 2.05) is 37.3 Å². The van der Waals surface area contributed by atoms with Crippen molar-refractivity contribution in [2.45, 2.75) is 13.0 Å². The second-order valence-electron chi connectivity index (χ2n) is 6.08. The third kappa shape index (κ3) is 3.12. The van der Waals surface area contributed by atoms with Crippen molar-refractivity contribution in [2.75, 3.05) is 0 Å². The maximum Gasteiger partial charge on any atom is 0.316 e. The van der Waals surface area contributed by atoms with Gasteiger partial charge in [-0.15, -0.1) is 0 Å². The number of aryl methyl sites for hydroxylation is 1. The molecule has 4 rings (SSSR count). The van der Waals surface area contributed by atoms with Crippen LogP contribution in [0.5, 0.6) is 5.75 Å². The average Bonchev–Trinajstić information content (AvgIpc) is 3.17. The highest BCUT2D eigenvalue weighted by Crippen LogP contribution is 2.24. The van der Waals surface area contributed by atoms with Crippen LogP contribution in [0.3, 0.4) is 0 Å². The minimum Gasteiger partial charge on any atom is -0.481 e. The van der Waals surface area contributed by atoms with Crippen LogP contribution >= 0.6 is 0 Å². The number of nitrogens with one attached hydrogen (secondary N) is 1. The van der Waals surface area contributed by atoms with Crippen LogP contribution in [-0.4, -0.2) is 19.7 Å². The van der Waals surface area contributed by atoms with E-state index in [0.29, 0.717) is 34.1 Å². The normalized spacial score (nSPS) is 12.2. The number of H-pyrrole nitrogens is 1. The summed E-state index contributed by atoms with van der Waals surface area (Å²) >= 11 is 0. The SMILES string of the molecule is C[C@@H](Oc1ccccc1)c1nc(-c2ccc3c(c2)[nH]c(=O)c(=O)n3C)no1. The first-order valence-corrected chi connectivity index (χ1v) is 8.31. The number of para-hydroxylation sites is 1. The zero-order valence-corrected chi connectivity index (χ0v) is 14.7. The van der Waals surface area contributed by atoms with Crippen molar-refractivity contribution >= 4 is 11.0 Å². The molecule has 0 aliphatic carbocycles. The summed E-state index contributed by atoms with van der Waals surface area (Å²) in [5.41, 5.74) is 0.482. The van der Waals surface area contributed by atoms with Gasteiger partial charge in [-0.2, -0.15) is 4.98 Å². The van der Waals surface area contributed by atoms with Gasteiger partial charge in [0.05, 0.1) is 11.0 Å². The quantitative estimate of drug-likeness (QED) is 0.558. The molecule has 2 aromatic heterocycles. The van der Waals surface area contributed by atoms with E-state index in [1.165, 1.54) is 4.57 Å². The van der Waals surface area contributed by atoms with Gasteiger partial charge in [-0.3, -0.25) is 9.59 Å². The Morgan fingerprint density at radius 1 is 1.15 bits per heavy atom. The number of fused-ring (bicyclic) bond motifs is 1.